The van der Waals surface area contributed by atoms with Crippen LogP contribution in [-0.2, 0) is 14.3 Å². The van der Waals surface area contributed by atoms with Gasteiger partial charge in [0.2, 0.25) is 0 Å². The van der Waals surface area contributed by atoms with Crippen LogP contribution in [0.1, 0.15) is 13.3 Å². The lowest BCUT2D eigenvalue weighted by molar-refractivity contribution is -0.989. The summed E-state index contributed by atoms with van der Waals surface area (Å²) in [5.74, 6) is -0.377. The van der Waals surface area contributed by atoms with Crippen molar-refractivity contribution in [2.24, 2.45) is 0 Å². The van der Waals surface area contributed by atoms with Crippen LogP contribution in [0.2, 0.25) is 0 Å². The molecule has 0 aromatic rings. The average Bonchev–Trinajstić information content (AvgIpc) is 2.27. The first kappa shape index (κ1) is 18.4. The van der Waals surface area contributed by atoms with E-state index in [-0.39, 0.29) is 24.0 Å². The monoisotopic (exact) mass is 292 g/mol. The summed E-state index contributed by atoms with van der Waals surface area (Å²) in [4.78, 5) is 11.0. The van der Waals surface area contributed by atoms with Gasteiger partial charge in [0.15, 0.2) is 0 Å². The highest BCUT2D eigenvalue weighted by Crippen LogP contribution is 2.23. The van der Waals surface area contributed by atoms with E-state index in [4.69, 9.17) is 9.47 Å². The van der Waals surface area contributed by atoms with Gasteiger partial charge in [-0.3, -0.25) is 4.59 Å². The number of ether oxygens (including phenoxy) is 2. The summed E-state index contributed by atoms with van der Waals surface area (Å²) in [7, 11) is 6.43. The minimum absolute atomic E-state index is 0. The number of hydrogen-bond acceptors (Lipinski definition) is 4. The molecule has 0 N–H and O–H groups in total. The summed E-state index contributed by atoms with van der Waals surface area (Å²) < 4.78 is 11.6. The zero-order chi connectivity index (χ0) is 13.8. The number of morpholine rings is 1. The number of rotatable bonds is 5. The molecule has 1 aliphatic rings. The number of carbonyl (C=O) groups is 1. The zero-order valence-electron chi connectivity index (χ0n) is 12.3. The van der Waals surface area contributed by atoms with Gasteiger partial charge in [0.25, 0.3) is 0 Å². The van der Waals surface area contributed by atoms with Crippen LogP contribution in [0.15, 0.2) is 12.7 Å². The number of nitrogens with zero attached hydrogens (tertiary/aromatic N) is 2. The van der Waals surface area contributed by atoms with E-state index in [1.54, 1.807) is 0 Å². The zero-order valence-corrected chi connectivity index (χ0v) is 13.1. The molecule has 1 rings (SSSR count). The molecule has 0 radical (unpaired) electrons. The van der Waals surface area contributed by atoms with Crippen molar-refractivity contribution < 1.29 is 31.3 Å². The molecule has 1 unspecified atom stereocenters. The predicted octanol–water partition coefficient (Wildman–Crippen LogP) is -2.18. The van der Waals surface area contributed by atoms with Gasteiger partial charge < -0.3 is 21.9 Å². The van der Waals surface area contributed by atoms with E-state index in [2.05, 4.69) is 39.7 Å². The predicted molar refractivity (Wildman–Crippen MR) is 69.7 cm³/mol. The Bertz CT molecular complexity index is 318. The Kier molecular flexibility index (Phi) is 7.00. The lowest BCUT2D eigenvalue weighted by atomic mass is 10.0. The highest BCUT2D eigenvalue weighted by atomic mass is 35.5. The van der Waals surface area contributed by atoms with Gasteiger partial charge >= 0.3 is 5.97 Å². The van der Waals surface area contributed by atoms with Gasteiger partial charge in [-0.1, -0.05) is 6.58 Å². The molecule has 0 amide bonds. The smallest absolute Gasteiger partial charge is 0.330 e. The van der Waals surface area contributed by atoms with Gasteiger partial charge in [0.1, 0.15) is 0 Å². The summed E-state index contributed by atoms with van der Waals surface area (Å²) in [6, 6.07) is 0. The molecule has 5 nitrogen and oxygen atoms in total. The van der Waals surface area contributed by atoms with Crippen molar-refractivity contribution in [1.82, 2.24) is 5.01 Å². The topological polar surface area (TPSA) is 38.8 Å². The van der Waals surface area contributed by atoms with Gasteiger partial charge in [-0.25, -0.2) is 4.79 Å². The van der Waals surface area contributed by atoms with Crippen molar-refractivity contribution >= 4 is 5.97 Å². The molecule has 1 atom stereocenters. The molecular formula is C13H25ClN2O3. The molecule has 0 bridgehead atoms. The molecule has 0 aromatic heterocycles. The molecule has 19 heavy (non-hydrogen) atoms. The molecule has 1 fully saturated rings. The molecule has 112 valence electrons. The van der Waals surface area contributed by atoms with E-state index in [1.807, 2.05) is 0 Å². The maximum Gasteiger partial charge on any atom is 0.330 e. The van der Waals surface area contributed by atoms with Crippen LogP contribution in [-0.4, -0.2) is 68.6 Å². The standard InChI is InChI=1S/C13H25N2O3.ClH/c1-6-12(16)17-9-7-13(2)11-14(8-10-18-13)15(3,4)5;/h6H,1,7-11H2,2-5H3;1H/q+1;/p-1. The molecule has 0 aromatic carbocycles. The third-order valence-electron chi connectivity index (χ3n) is 3.21. The number of halogens is 1. The van der Waals surface area contributed by atoms with Crippen molar-refractivity contribution in [1.29, 1.82) is 0 Å². The van der Waals surface area contributed by atoms with E-state index in [1.165, 1.54) is 6.08 Å². The molecule has 1 heterocycles. The van der Waals surface area contributed by atoms with Crippen molar-refractivity contribution in [2.45, 2.75) is 18.9 Å². The minimum atomic E-state index is -0.377. The number of carbonyl (C=O) groups excluding carboxylic acids is 1. The Hall–Kier alpha value is -0.620. The number of quaternary nitrogens is 1. The minimum Gasteiger partial charge on any atom is -1.00 e. The van der Waals surface area contributed by atoms with Gasteiger partial charge in [-0.05, 0) is 6.92 Å². The van der Waals surface area contributed by atoms with Gasteiger partial charge in [-0.15, -0.1) is 0 Å². The van der Waals surface area contributed by atoms with Crippen LogP contribution >= 0.6 is 0 Å². The van der Waals surface area contributed by atoms with Crippen LogP contribution < -0.4 is 12.4 Å². The lowest BCUT2D eigenvalue weighted by Gasteiger charge is -2.45. The highest BCUT2D eigenvalue weighted by Gasteiger charge is 2.37. The maximum absolute atomic E-state index is 11.0. The Balaban J connectivity index is 0.00000324. The molecule has 0 saturated carbocycles. The summed E-state index contributed by atoms with van der Waals surface area (Å²) in [5.41, 5.74) is -0.259. The van der Waals surface area contributed by atoms with Gasteiger partial charge in [0, 0.05) is 12.5 Å². The van der Waals surface area contributed by atoms with Gasteiger partial charge in [-0.2, -0.15) is 5.01 Å². The largest absolute Gasteiger partial charge is 1.00 e. The highest BCUT2D eigenvalue weighted by molar-refractivity contribution is 5.81. The van der Waals surface area contributed by atoms with E-state index in [9.17, 15) is 4.79 Å². The average molecular weight is 293 g/mol. The van der Waals surface area contributed by atoms with Crippen LogP contribution in [0.25, 0.3) is 0 Å². The quantitative estimate of drug-likeness (QED) is 0.328. The van der Waals surface area contributed by atoms with E-state index >= 15 is 0 Å². The van der Waals surface area contributed by atoms with Crippen LogP contribution in [0, 0.1) is 0 Å². The first-order valence-corrected chi connectivity index (χ1v) is 6.27. The van der Waals surface area contributed by atoms with Gasteiger partial charge in [0.05, 0.1) is 53.0 Å². The normalized spacial score (nSPS) is 24.4. The van der Waals surface area contributed by atoms with Crippen molar-refractivity contribution in [3.05, 3.63) is 12.7 Å². The summed E-state index contributed by atoms with van der Waals surface area (Å²) in [6.45, 7) is 8.27. The van der Waals surface area contributed by atoms with Crippen molar-refractivity contribution in [2.75, 3.05) is 47.4 Å². The Morgan fingerprint density at radius 2 is 2.16 bits per heavy atom. The maximum atomic E-state index is 11.0. The second kappa shape index (κ2) is 7.24. The van der Waals surface area contributed by atoms with Crippen LogP contribution in [0.3, 0.4) is 0 Å². The summed E-state index contributed by atoms with van der Waals surface area (Å²) in [6.07, 6.45) is 1.88. The second-order valence-electron chi connectivity index (χ2n) is 5.75. The fourth-order valence-corrected chi connectivity index (χ4v) is 2.00. The fraction of sp³-hybridized carbons (Fsp3) is 0.769. The van der Waals surface area contributed by atoms with E-state index in [0.29, 0.717) is 19.6 Å². The lowest BCUT2D eigenvalue weighted by Crippen LogP contribution is -3.00. The van der Waals surface area contributed by atoms with E-state index in [0.717, 1.165) is 17.7 Å². The SMILES string of the molecule is C=CC(=O)OCCC1(C)CN([N+](C)(C)C)CCO1.[Cl-]. The molecule has 1 aliphatic heterocycles. The molecule has 0 aliphatic carbocycles. The summed E-state index contributed by atoms with van der Waals surface area (Å²) >= 11 is 0. The third kappa shape index (κ3) is 5.91. The number of hydrogen-bond donors (Lipinski definition) is 0. The Morgan fingerprint density at radius 3 is 2.68 bits per heavy atom. The summed E-state index contributed by atoms with van der Waals surface area (Å²) in [5, 5.41) is 2.35. The van der Waals surface area contributed by atoms with Crippen LogP contribution in [0.4, 0.5) is 0 Å². The third-order valence-corrected chi connectivity index (χ3v) is 3.21. The fourth-order valence-electron chi connectivity index (χ4n) is 2.00. The van der Waals surface area contributed by atoms with Crippen molar-refractivity contribution in [3.8, 4) is 0 Å². The Labute approximate surface area is 122 Å². The molecular weight excluding hydrogens is 268 g/mol. The molecule has 6 heteroatoms. The van der Waals surface area contributed by atoms with Crippen molar-refractivity contribution in [3.63, 3.8) is 0 Å². The molecule has 1 saturated heterocycles. The second-order valence-corrected chi connectivity index (χ2v) is 5.75. The van der Waals surface area contributed by atoms with E-state index < -0.39 is 0 Å². The first-order chi connectivity index (χ1) is 8.27. The first-order valence-electron chi connectivity index (χ1n) is 6.27. The number of esters is 1. The molecule has 0 spiro atoms. The Morgan fingerprint density at radius 1 is 1.53 bits per heavy atom. The van der Waals surface area contributed by atoms with Crippen LogP contribution in [0.5, 0.6) is 0 Å².